The van der Waals surface area contributed by atoms with E-state index in [1.165, 1.54) is 90.9 Å². The molecule has 0 saturated carbocycles. The molecule has 12 rings (SSSR count). The Bertz CT molecular complexity index is 3590. The van der Waals surface area contributed by atoms with Gasteiger partial charge < -0.3 is 0 Å². The molecular formula is C54H32N2S2. The average molecular weight is 773 g/mol. The summed E-state index contributed by atoms with van der Waals surface area (Å²) in [4.78, 5) is 9.75. The van der Waals surface area contributed by atoms with E-state index in [9.17, 15) is 0 Å². The standard InChI is InChI=1S/C54H32N2S2/c1-2-9-34-26-37(19-18-33(34)8-1)38-20-21-40-28-41(23-22-39(40)27-38)42-24-25-50-48(31-42)52-54(58-50)51(55-32-56-52)44-13-6-11-36(30-44)35-10-5-12-43(29-35)45-15-7-16-47-46-14-3-4-17-49(46)57-53(45)47/h1-32H. The van der Waals surface area contributed by atoms with E-state index in [1.807, 2.05) is 11.3 Å². The van der Waals surface area contributed by atoms with E-state index in [-0.39, 0.29) is 0 Å². The molecule has 4 heteroatoms. The predicted molar refractivity (Wildman–Crippen MR) is 250 cm³/mol. The number of aromatic nitrogens is 2. The zero-order valence-electron chi connectivity index (χ0n) is 31.2. The number of fused-ring (bicyclic) bond motifs is 8. The van der Waals surface area contributed by atoms with Gasteiger partial charge in [0.05, 0.1) is 15.9 Å². The summed E-state index contributed by atoms with van der Waals surface area (Å²) in [5.74, 6) is 0. The molecule has 0 aliphatic carbocycles. The van der Waals surface area contributed by atoms with Crippen molar-refractivity contribution >= 4 is 84.7 Å². The van der Waals surface area contributed by atoms with Gasteiger partial charge in [0, 0.05) is 35.8 Å². The van der Waals surface area contributed by atoms with Gasteiger partial charge in [0.1, 0.15) is 6.33 Å². The number of hydrogen-bond acceptors (Lipinski definition) is 4. The van der Waals surface area contributed by atoms with Crippen molar-refractivity contribution in [2.45, 2.75) is 0 Å². The smallest absolute Gasteiger partial charge is 0.116 e. The second kappa shape index (κ2) is 13.3. The van der Waals surface area contributed by atoms with Gasteiger partial charge in [-0.05, 0) is 115 Å². The van der Waals surface area contributed by atoms with Gasteiger partial charge in [-0.1, -0.05) is 140 Å². The predicted octanol–water partition coefficient (Wildman–Crippen LogP) is 15.9. The molecule has 0 aliphatic rings. The fraction of sp³-hybridized carbons (Fsp3) is 0. The van der Waals surface area contributed by atoms with E-state index < -0.39 is 0 Å². The van der Waals surface area contributed by atoms with Gasteiger partial charge in [-0.25, -0.2) is 9.97 Å². The molecular weight excluding hydrogens is 741 g/mol. The first-order chi connectivity index (χ1) is 28.7. The van der Waals surface area contributed by atoms with Crippen molar-refractivity contribution in [1.29, 1.82) is 0 Å². The lowest BCUT2D eigenvalue weighted by Gasteiger charge is -2.09. The minimum atomic E-state index is 0.966. The van der Waals surface area contributed by atoms with E-state index in [2.05, 4.69) is 188 Å². The molecule has 0 bridgehead atoms. The zero-order chi connectivity index (χ0) is 38.2. The summed E-state index contributed by atoms with van der Waals surface area (Å²) in [5.41, 5.74) is 12.7. The van der Waals surface area contributed by atoms with Crippen molar-refractivity contribution in [3.05, 3.63) is 194 Å². The summed E-state index contributed by atoms with van der Waals surface area (Å²) in [7, 11) is 0. The van der Waals surface area contributed by atoms with Crippen LogP contribution in [-0.4, -0.2) is 9.97 Å². The maximum absolute atomic E-state index is 4.89. The van der Waals surface area contributed by atoms with Crippen LogP contribution in [0, 0.1) is 0 Å². The lowest BCUT2D eigenvalue weighted by Crippen LogP contribution is -1.88. The molecule has 0 unspecified atom stereocenters. The number of hydrogen-bond donors (Lipinski definition) is 0. The highest BCUT2D eigenvalue weighted by atomic mass is 32.1. The van der Waals surface area contributed by atoms with Crippen LogP contribution in [0.4, 0.5) is 0 Å². The number of rotatable bonds is 5. The van der Waals surface area contributed by atoms with Gasteiger partial charge in [-0.2, -0.15) is 0 Å². The van der Waals surface area contributed by atoms with Crippen LogP contribution >= 0.6 is 22.7 Å². The molecule has 0 atom stereocenters. The van der Waals surface area contributed by atoms with Crippen molar-refractivity contribution < 1.29 is 0 Å². The molecule has 0 saturated heterocycles. The topological polar surface area (TPSA) is 25.8 Å². The molecule has 270 valence electrons. The summed E-state index contributed by atoms with van der Waals surface area (Å²) in [6, 6.07) is 68.7. The van der Waals surface area contributed by atoms with Gasteiger partial charge in [0.2, 0.25) is 0 Å². The molecule has 3 heterocycles. The highest BCUT2D eigenvalue weighted by molar-refractivity contribution is 7.26. The molecule has 9 aromatic carbocycles. The quantitative estimate of drug-likeness (QED) is 0.174. The molecule has 2 nitrogen and oxygen atoms in total. The van der Waals surface area contributed by atoms with Crippen molar-refractivity contribution in [2.24, 2.45) is 0 Å². The van der Waals surface area contributed by atoms with Gasteiger partial charge in [0.25, 0.3) is 0 Å². The van der Waals surface area contributed by atoms with E-state index >= 15 is 0 Å². The Hall–Kier alpha value is -6.98. The summed E-state index contributed by atoms with van der Waals surface area (Å²) in [6.45, 7) is 0. The zero-order valence-corrected chi connectivity index (χ0v) is 32.8. The summed E-state index contributed by atoms with van der Waals surface area (Å²) >= 11 is 3.64. The Kier molecular flexibility index (Phi) is 7.62. The molecule has 0 amide bonds. The minimum absolute atomic E-state index is 0.966. The second-order valence-corrected chi connectivity index (χ2v) is 17.1. The summed E-state index contributed by atoms with van der Waals surface area (Å²) in [6.07, 6.45) is 1.72. The molecule has 12 aromatic rings. The Morgan fingerprint density at radius 2 is 0.845 bits per heavy atom. The number of nitrogens with zero attached hydrogens (tertiary/aromatic N) is 2. The first-order valence-electron chi connectivity index (χ1n) is 19.5. The van der Waals surface area contributed by atoms with Crippen LogP contribution in [0.2, 0.25) is 0 Å². The number of thiophene rings is 2. The third-order valence-electron chi connectivity index (χ3n) is 11.6. The van der Waals surface area contributed by atoms with E-state index in [0.29, 0.717) is 0 Å². The second-order valence-electron chi connectivity index (χ2n) is 15.0. The largest absolute Gasteiger partial charge is 0.235 e. The highest BCUT2D eigenvalue weighted by Crippen LogP contribution is 2.43. The van der Waals surface area contributed by atoms with Gasteiger partial charge in [-0.3, -0.25) is 0 Å². The Morgan fingerprint density at radius 1 is 0.310 bits per heavy atom. The number of benzene rings is 9. The van der Waals surface area contributed by atoms with Crippen molar-refractivity contribution in [2.75, 3.05) is 0 Å². The van der Waals surface area contributed by atoms with Crippen LogP contribution in [0.5, 0.6) is 0 Å². The molecule has 0 spiro atoms. The molecule has 3 aromatic heterocycles. The van der Waals surface area contributed by atoms with Gasteiger partial charge in [0.15, 0.2) is 0 Å². The lowest BCUT2D eigenvalue weighted by molar-refractivity contribution is 1.24. The van der Waals surface area contributed by atoms with Crippen LogP contribution in [0.15, 0.2) is 194 Å². The normalized spacial score (nSPS) is 11.8. The maximum Gasteiger partial charge on any atom is 0.116 e. The monoisotopic (exact) mass is 772 g/mol. The fourth-order valence-electron chi connectivity index (χ4n) is 8.62. The van der Waals surface area contributed by atoms with Crippen LogP contribution in [0.3, 0.4) is 0 Å². The van der Waals surface area contributed by atoms with Crippen LogP contribution in [0.25, 0.3) is 118 Å². The van der Waals surface area contributed by atoms with Crippen molar-refractivity contribution in [3.8, 4) is 55.8 Å². The Morgan fingerprint density at radius 3 is 1.64 bits per heavy atom. The first kappa shape index (κ1) is 33.2. The molecule has 58 heavy (non-hydrogen) atoms. The maximum atomic E-state index is 4.89. The van der Waals surface area contributed by atoms with Gasteiger partial charge >= 0.3 is 0 Å². The SMILES string of the molecule is c1cc(-c2cccc(-c3ncnc4c3sc3ccc(-c5ccc6cc(-c7ccc8ccccc8c7)ccc6c5)cc34)c2)cc(-c2cccc3c2sc2ccccc23)c1. The molecule has 0 N–H and O–H groups in total. The average Bonchev–Trinajstić information content (AvgIpc) is 3.87. The van der Waals surface area contributed by atoms with E-state index in [0.717, 1.165) is 26.9 Å². The van der Waals surface area contributed by atoms with Crippen molar-refractivity contribution in [3.63, 3.8) is 0 Å². The molecule has 0 radical (unpaired) electrons. The Balaban J connectivity index is 0.880. The minimum Gasteiger partial charge on any atom is -0.235 e. The third kappa shape index (κ3) is 5.53. The Labute approximate surface area is 343 Å². The molecule has 0 aliphatic heterocycles. The summed E-state index contributed by atoms with van der Waals surface area (Å²) in [5, 5.41) is 8.78. The first-order valence-corrected chi connectivity index (χ1v) is 21.2. The van der Waals surface area contributed by atoms with E-state index in [1.54, 1.807) is 17.7 Å². The third-order valence-corrected chi connectivity index (χ3v) is 13.9. The van der Waals surface area contributed by atoms with Gasteiger partial charge in [-0.15, -0.1) is 22.7 Å². The molecule has 0 fully saturated rings. The fourth-order valence-corrected chi connectivity index (χ4v) is 11.0. The van der Waals surface area contributed by atoms with Crippen LogP contribution in [0.1, 0.15) is 0 Å². The highest BCUT2D eigenvalue weighted by Gasteiger charge is 2.16. The van der Waals surface area contributed by atoms with Crippen LogP contribution in [-0.2, 0) is 0 Å². The lowest BCUT2D eigenvalue weighted by atomic mass is 9.96. The van der Waals surface area contributed by atoms with Crippen LogP contribution < -0.4 is 0 Å². The van der Waals surface area contributed by atoms with E-state index in [4.69, 9.17) is 9.97 Å². The van der Waals surface area contributed by atoms with Crippen molar-refractivity contribution in [1.82, 2.24) is 9.97 Å². The summed E-state index contributed by atoms with van der Waals surface area (Å²) < 4.78 is 4.97.